The molecule has 3 rings (SSSR count). The Morgan fingerprint density at radius 2 is 2.04 bits per heavy atom. The smallest absolute Gasteiger partial charge is 0.236 e. The van der Waals surface area contributed by atoms with Crippen LogP contribution in [0.1, 0.15) is 24.8 Å². The first-order valence-corrected chi connectivity index (χ1v) is 8.10. The molecular formula is C19H20N2O4. The molecule has 3 aromatic rings. The highest BCUT2D eigenvalue weighted by molar-refractivity contribution is 5.80. The molecule has 25 heavy (non-hydrogen) atoms. The summed E-state index contributed by atoms with van der Waals surface area (Å²) in [6.07, 6.45) is 2.55. The number of aromatic nitrogens is 1. The summed E-state index contributed by atoms with van der Waals surface area (Å²) in [7, 11) is 1.61. The number of para-hydroxylation sites is 2. The highest BCUT2D eigenvalue weighted by Gasteiger charge is 2.06. The predicted octanol–water partition coefficient (Wildman–Crippen LogP) is 4.18. The van der Waals surface area contributed by atoms with Crippen LogP contribution in [-0.2, 0) is 11.4 Å². The van der Waals surface area contributed by atoms with Gasteiger partial charge in [-0.25, -0.2) is 4.98 Å². The van der Waals surface area contributed by atoms with Crippen molar-refractivity contribution in [1.29, 1.82) is 0 Å². The van der Waals surface area contributed by atoms with Crippen LogP contribution in [0.2, 0.25) is 0 Å². The molecule has 0 aliphatic heterocycles. The number of rotatable bonds is 8. The second-order valence-corrected chi connectivity index (χ2v) is 5.34. The SMILES string of the molecule is CCCOc1ccc(/C=N\OCc2nc3ccccc3o2)cc1OC. The van der Waals surface area contributed by atoms with Gasteiger partial charge in [-0.2, -0.15) is 0 Å². The van der Waals surface area contributed by atoms with E-state index < -0.39 is 0 Å². The van der Waals surface area contributed by atoms with E-state index in [1.807, 2.05) is 42.5 Å². The van der Waals surface area contributed by atoms with Gasteiger partial charge in [0.2, 0.25) is 5.89 Å². The second-order valence-electron chi connectivity index (χ2n) is 5.34. The number of hydrogen-bond donors (Lipinski definition) is 0. The fraction of sp³-hybridized carbons (Fsp3) is 0.263. The van der Waals surface area contributed by atoms with Gasteiger partial charge in [0.15, 0.2) is 23.7 Å². The van der Waals surface area contributed by atoms with Crippen LogP contribution in [0.4, 0.5) is 0 Å². The topological polar surface area (TPSA) is 66.1 Å². The lowest BCUT2D eigenvalue weighted by molar-refractivity contribution is 0.113. The fourth-order valence-corrected chi connectivity index (χ4v) is 2.27. The van der Waals surface area contributed by atoms with E-state index in [1.165, 1.54) is 0 Å². The second kappa shape index (κ2) is 8.19. The van der Waals surface area contributed by atoms with Crippen molar-refractivity contribution in [3.63, 3.8) is 0 Å². The maximum atomic E-state index is 5.62. The van der Waals surface area contributed by atoms with Crippen LogP contribution in [0.15, 0.2) is 52.0 Å². The summed E-state index contributed by atoms with van der Waals surface area (Å²) in [5, 5.41) is 3.95. The Balaban J connectivity index is 1.59. The van der Waals surface area contributed by atoms with Gasteiger partial charge < -0.3 is 18.7 Å². The third kappa shape index (κ3) is 4.29. The Morgan fingerprint density at radius 3 is 2.84 bits per heavy atom. The molecule has 6 nitrogen and oxygen atoms in total. The molecule has 0 bridgehead atoms. The highest BCUT2D eigenvalue weighted by Crippen LogP contribution is 2.27. The zero-order valence-corrected chi connectivity index (χ0v) is 14.3. The lowest BCUT2D eigenvalue weighted by Crippen LogP contribution is -1.98. The quantitative estimate of drug-likeness (QED) is 0.455. The third-order valence-corrected chi connectivity index (χ3v) is 3.45. The highest BCUT2D eigenvalue weighted by atomic mass is 16.6. The number of oxime groups is 1. The van der Waals surface area contributed by atoms with Gasteiger partial charge in [0.25, 0.3) is 0 Å². The van der Waals surface area contributed by atoms with E-state index in [-0.39, 0.29) is 6.61 Å². The molecular weight excluding hydrogens is 320 g/mol. The van der Waals surface area contributed by atoms with E-state index in [0.29, 0.717) is 24.0 Å². The summed E-state index contributed by atoms with van der Waals surface area (Å²) in [5.74, 6) is 1.87. The molecule has 1 heterocycles. The number of methoxy groups -OCH3 is 1. The van der Waals surface area contributed by atoms with E-state index >= 15 is 0 Å². The minimum atomic E-state index is 0.167. The van der Waals surface area contributed by atoms with Crippen LogP contribution in [0, 0.1) is 0 Å². The summed E-state index contributed by atoms with van der Waals surface area (Å²) in [6, 6.07) is 13.2. The monoisotopic (exact) mass is 340 g/mol. The molecule has 0 saturated carbocycles. The molecule has 0 saturated heterocycles. The van der Waals surface area contributed by atoms with Crippen molar-refractivity contribution in [2.45, 2.75) is 20.0 Å². The van der Waals surface area contributed by atoms with Crippen molar-refractivity contribution in [3.8, 4) is 11.5 Å². The zero-order valence-electron chi connectivity index (χ0n) is 14.3. The Morgan fingerprint density at radius 1 is 1.16 bits per heavy atom. The minimum Gasteiger partial charge on any atom is -0.493 e. The molecule has 6 heteroatoms. The average Bonchev–Trinajstić information content (AvgIpc) is 3.06. The number of nitrogens with zero attached hydrogens (tertiary/aromatic N) is 2. The van der Waals surface area contributed by atoms with Crippen molar-refractivity contribution < 1.29 is 18.7 Å². The Bertz CT molecular complexity index is 825. The van der Waals surface area contributed by atoms with Crippen LogP contribution in [0.25, 0.3) is 11.1 Å². The van der Waals surface area contributed by atoms with Gasteiger partial charge in [0.05, 0.1) is 19.9 Å². The molecule has 130 valence electrons. The molecule has 0 N–H and O–H groups in total. The maximum absolute atomic E-state index is 5.62. The first-order valence-electron chi connectivity index (χ1n) is 8.10. The van der Waals surface area contributed by atoms with Crippen molar-refractivity contribution >= 4 is 17.3 Å². The van der Waals surface area contributed by atoms with Crippen LogP contribution < -0.4 is 9.47 Å². The summed E-state index contributed by atoms with van der Waals surface area (Å²) in [4.78, 5) is 9.59. The first-order chi connectivity index (χ1) is 12.3. The lowest BCUT2D eigenvalue weighted by atomic mass is 10.2. The summed E-state index contributed by atoms with van der Waals surface area (Å²) in [5.41, 5.74) is 2.38. The average molecular weight is 340 g/mol. The van der Waals surface area contributed by atoms with Gasteiger partial charge in [-0.3, -0.25) is 0 Å². The van der Waals surface area contributed by atoms with Gasteiger partial charge in [0, 0.05) is 5.56 Å². The normalized spacial score (nSPS) is 11.1. The van der Waals surface area contributed by atoms with Gasteiger partial charge >= 0.3 is 0 Å². The number of oxazole rings is 1. The van der Waals surface area contributed by atoms with Crippen molar-refractivity contribution in [2.75, 3.05) is 13.7 Å². The lowest BCUT2D eigenvalue weighted by Gasteiger charge is -2.10. The van der Waals surface area contributed by atoms with Crippen molar-refractivity contribution in [3.05, 3.63) is 53.9 Å². The predicted molar refractivity (Wildman–Crippen MR) is 95.2 cm³/mol. The first kappa shape index (κ1) is 16.8. The van der Waals surface area contributed by atoms with Crippen LogP contribution in [0.5, 0.6) is 11.5 Å². The molecule has 0 aliphatic carbocycles. The summed E-state index contributed by atoms with van der Waals surface area (Å²) < 4.78 is 16.5. The summed E-state index contributed by atoms with van der Waals surface area (Å²) >= 11 is 0. The molecule has 0 aliphatic rings. The number of hydrogen-bond acceptors (Lipinski definition) is 6. The van der Waals surface area contributed by atoms with E-state index in [1.54, 1.807) is 13.3 Å². The van der Waals surface area contributed by atoms with Crippen molar-refractivity contribution in [1.82, 2.24) is 4.98 Å². The number of fused-ring (bicyclic) bond motifs is 1. The van der Waals surface area contributed by atoms with E-state index in [9.17, 15) is 0 Å². The van der Waals surface area contributed by atoms with E-state index in [2.05, 4.69) is 17.1 Å². The van der Waals surface area contributed by atoms with Crippen LogP contribution >= 0.6 is 0 Å². The molecule has 1 aromatic heterocycles. The Kier molecular flexibility index (Phi) is 5.51. The van der Waals surface area contributed by atoms with Gasteiger partial charge in [-0.1, -0.05) is 24.2 Å². The Hall–Kier alpha value is -3.02. The maximum Gasteiger partial charge on any atom is 0.236 e. The van der Waals surface area contributed by atoms with Crippen LogP contribution in [-0.4, -0.2) is 24.9 Å². The molecule has 0 spiro atoms. The molecule has 0 unspecified atom stereocenters. The van der Waals surface area contributed by atoms with Gasteiger partial charge in [-0.15, -0.1) is 0 Å². The van der Waals surface area contributed by atoms with E-state index in [4.69, 9.17) is 18.7 Å². The molecule has 0 amide bonds. The largest absolute Gasteiger partial charge is 0.493 e. The van der Waals surface area contributed by atoms with E-state index in [0.717, 1.165) is 23.1 Å². The van der Waals surface area contributed by atoms with Gasteiger partial charge in [0.1, 0.15) is 5.52 Å². The number of benzene rings is 2. The molecule has 0 atom stereocenters. The molecule has 2 aromatic carbocycles. The standard InChI is InChI=1S/C19H20N2O4/c1-3-10-23-17-9-8-14(11-18(17)22-2)12-20-24-13-19-21-15-6-4-5-7-16(15)25-19/h4-9,11-12H,3,10,13H2,1-2H3/b20-12-. The zero-order chi connectivity index (χ0) is 17.5. The van der Waals surface area contributed by atoms with Crippen LogP contribution in [0.3, 0.4) is 0 Å². The number of ether oxygens (including phenoxy) is 2. The van der Waals surface area contributed by atoms with Crippen molar-refractivity contribution in [2.24, 2.45) is 5.16 Å². The molecule has 0 radical (unpaired) electrons. The van der Waals surface area contributed by atoms with Gasteiger partial charge in [-0.05, 0) is 36.8 Å². The summed E-state index contributed by atoms with van der Waals surface area (Å²) in [6.45, 7) is 2.87. The Labute approximate surface area is 146 Å². The fourth-order valence-electron chi connectivity index (χ4n) is 2.27. The third-order valence-electron chi connectivity index (χ3n) is 3.45. The molecule has 0 fully saturated rings. The minimum absolute atomic E-state index is 0.167.